The Morgan fingerprint density at radius 1 is 1.53 bits per heavy atom. The molecule has 0 bridgehead atoms. The summed E-state index contributed by atoms with van der Waals surface area (Å²) in [5, 5.41) is 0. The molecule has 0 aromatic heterocycles. The van der Waals surface area contributed by atoms with Crippen molar-refractivity contribution in [2.75, 3.05) is 13.1 Å². The van der Waals surface area contributed by atoms with Crippen LogP contribution in [0.25, 0.3) is 0 Å². The third kappa shape index (κ3) is 3.80. The number of terminal acetylenes is 1. The highest BCUT2D eigenvalue weighted by Crippen LogP contribution is 2.10. The monoisotopic (exact) mass is 249 g/mol. The maximum Gasteiger partial charge on any atom is 0.254 e. The van der Waals surface area contributed by atoms with Gasteiger partial charge in [0.15, 0.2) is 0 Å². The number of nitrogens with zero attached hydrogens (tertiary/aromatic N) is 1. The first-order valence-corrected chi connectivity index (χ1v) is 6.14. The van der Waals surface area contributed by atoms with Crippen LogP contribution in [0.15, 0.2) is 24.3 Å². The predicted molar refractivity (Wildman–Crippen MR) is 71.0 cm³/mol. The van der Waals surface area contributed by atoms with Crippen LogP contribution in [0.3, 0.4) is 0 Å². The molecule has 0 saturated heterocycles. The van der Waals surface area contributed by atoms with Gasteiger partial charge in [0, 0.05) is 18.0 Å². The predicted octanol–water partition coefficient (Wildman–Crippen LogP) is 2.91. The molecule has 0 atom stereocenters. The Labute approximate surface area is 108 Å². The summed E-state index contributed by atoms with van der Waals surface area (Å²) in [7, 11) is 0. The second kappa shape index (κ2) is 6.98. The van der Waals surface area contributed by atoms with E-state index in [1.165, 1.54) is 0 Å². The summed E-state index contributed by atoms with van der Waals surface area (Å²) in [6.07, 6.45) is 6.16. The fourth-order valence-electron chi connectivity index (χ4n) is 1.60. The number of amides is 1. The topological polar surface area (TPSA) is 20.3 Å². The van der Waals surface area contributed by atoms with Gasteiger partial charge in [-0.3, -0.25) is 4.79 Å². The van der Waals surface area contributed by atoms with E-state index >= 15 is 0 Å². The number of hydrogen-bond acceptors (Lipinski definition) is 1. The van der Waals surface area contributed by atoms with Gasteiger partial charge in [-0.05, 0) is 24.1 Å². The summed E-state index contributed by atoms with van der Waals surface area (Å²) in [5.41, 5.74) is 1.58. The molecular weight excluding hydrogens is 234 g/mol. The summed E-state index contributed by atoms with van der Waals surface area (Å²) in [6, 6.07) is 7.34. The van der Waals surface area contributed by atoms with E-state index in [-0.39, 0.29) is 5.91 Å². The van der Waals surface area contributed by atoms with E-state index in [0.29, 0.717) is 24.5 Å². The molecule has 2 nitrogen and oxygen atoms in total. The van der Waals surface area contributed by atoms with Crippen LogP contribution < -0.4 is 0 Å². The fraction of sp³-hybridized carbons (Fsp3) is 0.357. The molecule has 1 aromatic carbocycles. The molecule has 0 aliphatic carbocycles. The van der Waals surface area contributed by atoms with Gasteiger partial charge in [-0.2, -0.15) is 0 Å². The minimum atomic E-state index is -0.0308. The minimum Gasteiger partial charge on any atom is -0.328 e. The van der Waals surface area contributed by atoms with Gasteiger partial charge in [-0.1, -0.05) is 25.0 Å². The lowest BCUT2D eigenvalue weighted by molar-refractivity contribution is 0.0777. The number of halogens is 1. The van der Waals surface area contributed by atoms with E-state index in [4.69, 9.17) is 18.0 Å². The summed E-state index contributed by atoms with van der Waals surface area (Å²) < 4.78 is 0. The summed E-state index contributed by atoms with van der Waals surface area (Å²) in [5.74, 6) is 2.89. The zero-order valence-corrected chi connectivity index (χ0v) is 10.7. The second-order valence-corrected chi connectivity index (χ2v) is 4.03. The first-order chi connectivity index (χ1) is 8.22. The van der Waals surface area contributed by atoms with Crippen LogP contribution in [0.5, 0.6) is 0 Å². The Morgan fingerprint density at radius 2 is 2.29 bits per heavy atom. The standard InChI is InChI=1S/C14H16ClNO/c1-3-8-16(9-4-2)14(17)13-7-5-6-12(10-13)11-15/h1,5-7,10H,4,8-9,11H2,2H3. The third-order valence-electron chi connectivity index (χ3n) is 2.39. The van der Waals surface area contributed by atoms with Gasteiger partial charge < -0.3 is 4.90 Å². The van der Waals surface area contributed by atoms with Crippen molar-refractivity contribution in [3.63, 3.8) is 0 Å². The van der Waals surface area contributed by atoms with Gasteiger partial charge in [-0.15, -0.1) is 18.0 Å². The van der Waals surface area contributed by atoms with Crippen molar-refractivity contribution in [2.24, 2.45) is 0 Å². The Kier molecular flexibility index (Phi) is 5.59. The zero-order valence-electron chi connectivity index (χ0n) is 9.95. The number of hydrogen-bond donors (Lipinski definition) is 0. The van der Waals surface area contributed by atoms with E-state index in [2.05, 4.69) is 5.92 Å². The smallest absolute Gasteiger partial charge is 0.254 e. The SMILES string of the molecule is C#CCN(CCC)C(=O)c1cccc(CCl)c1. The summed E-state index contributed by atoms with van der Waals surface area (Å²) in [6.45, 7) is 3.04. The normalized spacial score (nSPS) is 9.71. The number of carbonyl (C=O) groups is 1. The molecule has 0 N–H and O–H groups in total. The average molecular weight is 250 g/mol. The Hall–Kier alpha value is -1.46. The molecule has 0 aliphatic heterocycles. The first-order valence-electron chi connectivity index (χ1n) is 5.60. The Balaban J connectivity index is 2.88. The van der Waals surface area contributed by atoms with Crippen LogP contribution in [0.2, 0.25) is 0 Å². The van der Waals surface area contributed by atoms with Crippen LogP contribution in [-0.2, 0) is 5.88 Å². The quantitative estimate of drug-likeness (QED) is 0.581. The molecule has 0 radical (unpaired) electrons. The van der Waals surface area contributed by atoms with E-state index in [1.54, 1.807) is 11.0 Å². The maximum absolute atomic E-state index is 12.2. The van der Waals surface area contributed by atoms with Gasteiger partial charge in [0.2, 0.25) is 0 Å². The lowest BCUT2D eigenvalue weighted by atomic mass is 10.1. The van der Waals surface area contributed by atoms with Crippen LogP contribution in [0, 0.1) is 12.3 Å². The minimum absolute atomic E-state index is 0.0308. The average Bonchev–Trinajstić information content (AvgIpc) is 2.38. The van der Waals surface area contributed by atoms with E-state index < -0.39 is 0 Å². The number of carbonyl (C=O) groups excluding carboxylic acids is 1. The molecule has 0 spiro atoms. The highest BCUT2D eigenvalue weighted by molar-refractivity contribution is 6.17. The van der Waals surface area contributed by atoms with Crippen molar-refractivity contribution in [3.05, 3.63) is 35.4 Å². The van der Waals surface area contributed by atoms with E-state index in [1.807, 2.05) is 25.1 Å². The number of benzene rings is 1. The van der Waals surface area contributed by atoms with Crippen LogP contribution in [0.4, 0.5) is 0 Å². The molecule has 90 valence electrons. The highest BCUT2D eigenvalue weighted by atomic mass is 35.5. The van der Waals surface area contributed by atoms with Gasteiger partial charge in [0.25, 0.3) is 5.91 Å². The van der Waals surface area contributed by atoms with Crippen molar-refractivity contribution < 1.29 is 4.79 Å². The molecule has 17 heavy (non-hydrogen) atoms. The van der Waals surface area contributed by atoms with Crippen molar-refractivity contribution >= 4 is 17.5 Å². The third-order valence-corrected chi connectivity index (χ3v) is 2.70. The molecular formula is C14H16ClNO. The molecule has 0 aliphatic rings. The molecule has 0 fully saturated rings. The molecule has 0 saturated carbocycles. The van der Waals surface area contributed by atoms with Crippen molar-refractivity contribution in [3.8, 4) is 12.3 Å². The molecule has 0 unspecified atom stereocenters. The number of alkyl halides is 1. The molecule has 0 heterocycles. The Bertz CT molecular complexity index is 422. The Morgan fingerprint density at radius 3 is 2.88 bits per heavy atom. The largest absolute Gasteiger partial charge is 0.328 e. The molecule has 1 amide bonds. The van der Waals surface area contributed by atoms with E-state index in [0.717, 1.165) is 12.0 Å². The van der Waals surface area contributed by atoms with E-state index in [9.17, 15) is 4.79 Å². The molecule has 1 rings (SSSR count). The van der Waals surface area contributed by atoms with Crippen LogP contribution in [-0.4, -0.2) is 23.9 Å². The summed E-state index contributed by atoms with van der Waals surface area (Å²) in [4.78, 5) is 13.9. The fourth-order valence-corrected chi connectivity index (χ4v) is 1.77. The van der Waals surface area contributed by atoms with Crippen LogP contribution >= 0.6 is 11.6 Å². The van der Waals surface area contributed by atoms with Gasteiger partial charge in [0.05, 0.1) is 6.54 Å². The first kappa shape index (κ1) is 13.6. The van der Waals surface area contributed by atoms with Crippen molar-refractivity contribution in [2.45, 2.75) is 19.2 Å². The molecule has 1 aromatic rings. The number of rotatable bonds is 5. The highest BCUT2D eigenvalue weighted by Gasteiger charge is 2.13. The second-order valence-electron chi connectivity index (χ2n) is 3.76. The van der Waals surface area contributed by atoms with Gasteiger partial charge >= 0.3 is 0 Å². The maximum atomic E-state index is 12.2. The molecule has 3 heteroatoms. The zero-order chi connectivity index (χ0) is 12.7. The van der Waals surface area contributed by atoms with Crippen molar-refractivity contribution in [1.29, 1.82) is 0 Å². The summed E-state index contributed by atoms with van der Waals surface area (Å²) >= 11 is 5.75. The van der Waals surface area contributed by atoms with Crippen molar-refractivity contribution in [1.82, 2.24) is 4.90 Å². The van der Waals surface area contributed by atoms with Crippen LogP contribution in [0.1, 0.15) is 29.3 Å². The lowest BCUT2D eigenvalue weighted by Crippen LogP contribution is -2.32. The van der Waals surface area contributed by atoms with Gasteiger partial charge in [0.1, 0.15) is 0 Å². The lowest BCUT2D eigenvalue weighted by Gasteiger charge is -2.19. The van der Waals surface area contributed by atoms with Gasteiger partial charge in [-0.25, -0.2) is 0 Å².